The van der Waals surface area contributed by atoms with Gasteiger partial charge in [0.2, 0.25) is 0 Å². The standard InChI is InChI=1S/C6H8N2O4/c9-4-1-2-8(3-5(10)11)6(12)7-4/h1-2,5,10-11H,3H2,(H,7,9,12). The van der Waals surface area contributed by atoms with Gasteiger partial charge in [0.05, 0.1) is 6.54 Å². The van der Waals surface area contributed by atoms with Crippen LogP contribution in [0, 0.1) is 0 Å². The molecule has 6 nitrogen and oxygen atoms in total. The van der Waals surface area contributed by atoms with Crippen molar-refractivity contribution in [3.8, 4) is 0 Å². The molecule has 0 aliphatic heterocycles. The number of nitrogens with zero attached hydrogens (tertiary/aromatic N) is 1. The van der Waals surface area contributed by atoms with E-state index in [2.05, 4.69) is 0 Å². The second-order valence-electron chi connectivity index (χ2n) is 2.24. The van der Waals surface area contributed by atoms with Gasteiger partial charge in [0.1, 0.15) is 0 Å². The Balaban J connectivity index is 3.02. The Morgan fingerprint density at radius 2 is 2.17 bits per heavy atom. The third-order valence-electron chi connectivity index (χ3n) is 1.26. The van der Waals surface area contributed by atoms with Crippen molar-refractivity contribution >= 4 is 0 Å². The molecule has 1 heterocycles. The molecule has 0 unspecified atom stereocenters. The molecule has 66 valence electrons. The van der Waals surface area contributed by atoms with Crippen molar-refractivity contribution < 1.29 is 10.2 Å². The lowest BCUT2D eigenvalue weighted by Gasteiger charge is -2.04. The predicted octanol–water partition coefficient (Wildman–Crippen LogP) is -2.15. The van der Waals surface area contributed by atoms with Crippen LogP contribution in [0.1, 0.15) is 0 Å². The number of nitrogens with one attached hydrogen (secondary N) is 1. The number of aromatic amines is 1. The Morgan fingerprint density at radius 3 is 2.67 bits per heavy atom. The van der Waals surface area contributed by atoms with Crippen molar-refractivity contribution in [2.24, 2.45) is 0 Å². The van der Waals surface area contributed by atoms with Gasteiger partial charge in [-0.15, -0.1) is 0 Å². The topological polar surface area (TPSA) is 95.3 Å². The second-order valence-corrected chi connectivity index (χ2v) is 2.24. The average Bonchev–Trinajstić information content (AvgIpc) is 1.94. The van der Waals surface area contributed by atoms with Crippen molar-refractivity contribution in [3.05, 3.63) is 33.1 Å². The van der Waals surface area contributed by atoms with E-state index in [1.165, 1.54) is 6.20 Å². The highest BCUT2D eigenvalue weighted by Gasteiger charge is 2.00. The van der Waals surface area contributed by atoms with Crippen LogP contribution in [0.4, 0.5) is 0 Å². The highest BCUT2D eigenvalue weighted by atomic mass is 16.5. The summed E-state index contributed by atoms with van der Waals surface area (Å²) in [6.07, 6.45) is -0.408. The summed E-state index contributed by atoms with van der Waals surface area (Å²) in [5.41, 5.74) is -1.17. The largest absolute Gasteiger partial charge is 0.367 e. The molecule has 12 heavy (non-hydrogen) atoms. The Labute approximate surface area is 66.7 Å². The molecule has 0 aromatic carbocycles. The fraction of sp³-hybridized carbons (Fsp3) is 0.333. The van der Waals surface area contributed by atoms with Gasteiger partial charge < -0.3 is 10.2 Å². The fourth-order valence-electron chi connectivity index (χ4n) is 0.764. The van der Waals surface area contributed by atoms with Gasteiger partial charge in [0, 0.05) is 12.3 Å². The zero-order chi connectivity index (χ0) is 9.14. The smallest absolute Gasteiger partial charge is 0.328 e. The van der Waals surface area contributed by atoms with E-state index in [0.717, 1.165) is 10.6 Å². The minimum Gasteiger partial charge on any atom is -0.367 e. The third-order valence-corrected chi connectivity index (χ3v) is 1.26. The van der Waals surface area contributed by atoms with Crippen LogP contribution < -0.4 is 11.2 Å². The zero-order valence-electron chi connectivity index (χ0n) is 6.10. The molecule has 0 aliphatic rings. The average molecular weight is 172 g/mol. The van der Waals surface area contributed by atoms with E-state index < -0.39 is 17.5 Å². The Hall–Kier alpha value is -1.40. The van der Waals surface area contributed by atoms with E-state index in [9.17, 15) is 9.59 Å². The summed E-state index contributed by atoms with van der Waals surface area (Å²) in [5, 5.41) is 17.0. The molecule has 1 aromatic heterocycles. The number of aliphatic hydroxyl groups is 2. The van der Waals surface area contributed by atoms with Crippen LogP contribution in [0.3, 0.4) is 0 Å². The fourth-order valence-corrected chi connectivity index (χ4v) is 0.764. The third kappa shape index (κ3) is 2.04. The summed E-state index contributed by atoms with van der Waals surface area (Å²) >= 11 is 0. The van der Waals surface area contributed by atoms with Crippen molar-refractivity contribution in [1.29, 1.82) is 0 Å². The molecule has 0 atom stereocenters. The van der Waals surface area contributed by atoms with Gasteiger partial charge in [-0.2, -0.15) is 0 Å². The number of aliphatic hydroxyl groups excluding tert-OH is 1. The molecule has 1 rings (SSSR count). The SMILES string of the molecule is O=c1ccn(CC(O)O)c(=O)[nH]1. The summed E-state index contributed by atoms with van der Waals surface area (Å²) in [6, 6.07) is 1.13. The van der Waals surface area contributed by atoms with Gasteiger partial charge in [0.25, 0.3) is 5.56 Å². The maximum Gasteiger partial charge on any atom is 0.328 e. The summed E-state index contributed by atoms with van der Waals surface area (Å²) in [5.74, 6) is 0. The van der Waals surface area contributed by atoms with Crippen LogP contribution in [-0.2, 0) is 6.54 Å². The van der Waals surface area contributed by atoms with E-state index in [4.69, 9.17) is 10.2 Å². The Bertz CT molecular complexity index is 364. The molecule has 0 radical (unpaired) electrons. The highest BCUT2D eigenvalue weighted by Crippen LogP contribution is 1.80. The van der Waals surface area contributed by atoms with E-state index in [-0.39, 0.29) is 6.54 Å². The first-order valence-corrected chi connectivity index (χ1v) is 3.25. The van der Waals surface area contributed by atoms with E-state index in [1.807, 2.05) is 4.98 Å². The van der Waals surface area contributed by atoms with Gasteiger partial charge in [0.15, 0.2) is 6.29 Å². The molecule has 3 N–H and O–H groups in total. The van der Waals surface area contributed by atoms with Gasteiger partial charge in [-0.05, 0) is 0 Å². The minimum atomic E-state index is -1.60. The molecule has 0 spiro atoms. The lowest BCUT2D eigenvalue weighted by Crippen LogP contribution is -2.32. The first kappa shape index (κ1) is 8.69. The van der Waals surface area contributed by atoms with E-state index in [0.29, 0.717) is 0 Å². The van der Waals surface area contributed by atoms with Crippen molar-refractivity contribution in [2.75, 3.05) is 0 Å². The Morgan fingerprint density at radius 1 is 1.50 bits per heavy atom. The summed E-state index contributed by atoms with van der Waals surface area (Å²) < 4.78 is 0.992. The number of H-pyrrole nitrogens is 1. The monoisotopic (exact) mass is 172 g/mol. The van der Waals surface area contributed by atoms with Gasteiger partial charge >= 0.3 is 5.69 Å². The highest BCUT2D eigenvalue weighted by molar-refractivity contribution is 4.82. The predicted molar refractivity (Wildman–Crippen MR) is 39.5 cm³/mol. The molecule has 0 aliphatic carbocycles. The van der Waals surface area contributed by atoms with Crippen LogP contribution in [0.15, 0.2) is 21.9 Å². The maximum atomic E-state index is 10.9. The summed E-state index contributed by atoms with van der Waals surface area (Å²) in [4.78, 5) is 23.4. The zero-order valence-corrected chi connectivity index (χ0v) is 6.10. The molecule has 0 saturated heterocycles. The quantitative estimate of drug-likeness (QED) is 0.443. The Kier molecular flexibility index (Phi) is 2.41. The first-order chi connectivity index (χ1) is 5.59. The molecule has 0 amide bonds. The molecular formula is C6H8N2O4. The van der Waals surface area contributed by atoms with E-state index >= 15 is 0 Å². The van der Waals surface area contributed by atoms with Crippen LogP contribution in [-0.4, -0.2) is 26.1 Å². The maximum absolute atomic E-state index is 10.9. The van der Waals surface area contributed by atoms with Gasteiger partial charge in [-0.3, -0.25) is 14.3 Å². The second kappa shape index (κ2) is 3.33. The van der Waals surface area contributed by atoms with Gasteiger partial charge in [-0.1, -0.05) is 0 Å². The number of hydrogen-bond donors (Lipinski definition) is 3. The summed E-state index contributed by atoms with van der Waals surface area (Å²) in [7, 11) is 0. The van der Waals surface area contributed by atoms with Crippen molar-refractivity contribution in [1.82, 2.24) is 9.55 Å². The van der Waals surface area contributed by atoms with Crippen LogP contribution >= 0.6 is 0 Å². The first-order valence-electron chi connectivity index (χ1n) is 3.25. The molecule has 0 bridgehead atoms. The number of rotatable bonds is 2. The lowest BCUT2D eigenvalue weighted by molar-refractivity contribution is -0.0521. The molecule has 6 heteroatoms. The number of hydrogen-bond acceptors (Lipinski definition) is 4. The minimum absolute atomic E-state index is 0.254. The summed E-state index contributed by atoms with van der Waals surface area (Å²) in [6.45, 7) is -0.254. The molecule has 1 aromatic rings. The normalized spacial score (nSPS) is 10.6. The van der Waals surface area contributed by atoms with E-state index in [1.54, 1.807) is 0 Å². The number of aromatic nitrogens is 2. The van der Waals surface area contributed by atoms with Gasteiger partial charge in [-0.25, -0.2) is 4.79 Å². The molecule has 0 saturated carbocycles. The van der Waals surface area contributed by atoms with Crippen LogP contribution in [0.2, 0.25) is 0 Å². The molecular weight excluding hydrogens is 164 g/mol. The molecule has 0 fully saturated rings. The van der Waals surface area contributed by atoms with Crippen molar-refractivity contribution in [2.45, 2.75) is 12.8 Å². The van der Waals surface area contributed by atoms with Crippen LogP contribution in [0.5, 0.6) is 0 Å². The lowest BCUT2D eigenvalue weighted by atomic mass is 10.5. The van der Waals surface area contributed by atoms with Crippen molar-refractivity contribution in [3.63, 3.8) is 0 Å². The van der Waals surface area contributed by atoms with Crippen LogP contribution in [0.25, 0.3) is 0 Å².